The SMILES string of the molecule is C[C@@]1(O)CCC[C@H]1N1c2nc(S(C)(=O)=O)ncc2C=CC1O. The molecule has 1 saturated carbocycles. The molecule has 1 aromatic heterocycles. The molecular weight excluding hydrogens is 306 g/mol. The third-order valence-corrected chi connectivity index (χ3v) is 5.16. The summed E-state index contributed by atoms with van der Waals surface area (Å²) in [4.78, 5) is 9.59. The molecule has 3 rings (SSSR count). The monoisotopic (exact) mass is 325 g/mol. The molecule has 1 unspecified atom stereocenters. The predicted molar refractivity (Wildman–Crippen MR) is 80.9 cm³/mol. The first-order valence-electron chi connectivity index (χ1n) is 7.14. The van der Waals surface area contributed by atoms with Gasteiger partial charge in [-0.1, -0.05) is 0 Å². The Morgan fingerprint density at radius 1 is 1.45 bits per heavy atom. The maximum Gasteiger partial charge on any atom is 0.248 e. The molecular formula is C14H19N3O4S. The predicted octanol–water partition coefficient (Wildman–Crippen LogP) is 0.335. The summed E-state index contributed by atoms with van der Waals surface area (Å²) in [7, 11) is -3.55. The van der Waals surface area contributed by atoms with E-state index in [9.17, 15) is 18.6 Å². The van der Waals surface area contributed by atoms with Crippen molar-refractivity contribution >= 4 is 21.7 Å². The highest BCUT2D eigenvalue weighted by atomic mass is 32.2. The van der Waals surface area contributed by atoms with Crippen molar-refractivity contribution in [3.05, 3.63) is 17.8 Å². The molecule has 1 fully saturated rings. The van der Waals surface area contributed by atoms with E-state index in [1.165, 1.54) is 6.20 Å². The molecule has 3 atom stereocenters. The highest BCUT2D eigenvalue weighted by molar-refractivity contribution is 7.90. The standard InChI is InChI=1S/C14H19N3O4S/c1-14(19)7-3-4-10(14)17-11(18)6-5-9-8-15-13(16-12(9)17)22(2,20)21/h5-6,8,10-11,18-19H,3-4,7H2,1-2H3/t10-,11?,14-/m1/s1. The van der Waals surface area contributed by atoms with Crippen molar-refractivity contribution in [3.63, 3.8) is 0 Å². The van der Waals surface area contributed by atoms with Crippen LogP contribution in [0.15, 0.2) is 17.4 Å². The molecule has 22 heavy (non-hydrogen) atoms. The first-order chi connectivity index (χ1) is 10.2. The zero-order valence-electron chi connectivity index (χ0n) is 12.5. The Balaban J connectivity index is 2.12. The number of anilines is 1. The van der Waals surface area contributed by atoms with Gasteiger partial charge < -0.3 is 15.1 Å². The fourth-order valence-electron chi connectivity index (χ4n) is 3.18. The van der Waals surface area contributed by atoms with Crippen LogP contribution in [-0.4, -0.2) is 52.7 Å². The second kappa shape index (κ2) is 5.00. The average Bonchev–Trinajstić information content (AvgIpc) is 2.76. The first kappa shape index (κ1) is 15.4. The van der Waals surface area contributed by atoms with Crippen LogP contribution in [-0.2, 0) is 9.84 Å². The quantitative estimate of drug-likeness (QED) is 0.755. The Kier molecular flexibility index (Phi) is 3.50. The number of aliphatic hydroxyl groups excluding tert-OH is 1. The Morgan fingerprint density at radius 3 is 2.77 bits per heavy atom. The molecule has 1 aliphatic carbocycles. The molecule has 1 aliphatic heterocycles. The first-order valence-corrected chi connectivity index (χ1v) is 9.03. The van der Waals surface area contributed by atoms with E-state index in [0.29, 0.717) is 24.2 Å². The minimum absolute atomic E-state index is 0.281. The van der Waals surface area contributed by atoms with Gasteiger partial charge in [0.25, 0.3) is 0 Å². The van der Waals surface area contributed by atoms with Crippen molar-refractivity contribution in [1.29, 1.82) is 0 Å². The fraction of sp³-hybridized carbons (Fsp3) is 0.571. The Labute approximate surface area is 129 Å². The summed E-state index contributed by atoms with van der Waals surface area (Å²) in [6.07, 6.45) is 6.93. The molecule has 1 aromatic rings. The van der Waals surface area contributed by atoms with Gasteiger partial charge in [-0.3, -0.25) is 0 Å². The van der Waals surface area contributed by atoms with E-state index in [1.807, 2.05) is 0 Å². The molecule has 0 aromatic carbocycles. The summed E-state index contributed by atoms with van der Waals surface area (Å²) in [5.74, 6) is 0.345. The van der Waals surface area contributed by atoms with Crippen molar-refractivity contribution in [1.82, 2.24) is 9.97 Å². The molecule has 8 heteroatoms. The lowest BCUT2D eigenvalue weighted by Crippen LogP contribution is -2.53. The van der Waals surface area contributed by atoms with Gasteiger partial charge in [0.1, 0.15) is 12.0 Å². The van der Waals surface area contributed by atoms with Gasteiger partial charge in [0.15, 0.2) is 0 Å². The van der Waals surface area contributed by atoms with E-state index in [-0.39, 0.29) is 11.2 Å². The van der Waals surface area contributed by atoms with E-state index in [2.05, 4.69) is 9.97 Å². The van der Waals surface area contributed by atoms with Gasteiger partial charge >= 0.3 is 0 Å². The van der Waals surface area contributed by atoms with Crippen LogP contribution < -0.4 is 4.90 Å². The van der Waals surface area contributed by atoms with E-state index in [1.54, 1.807) is 24.0 Å². The van der Waals surface area contributed by atoms with Gasteiger partial charge in [-0.15, -0.1) is 0 Å². The van der Waals surface area contributed by atoms with Crippen LogP contribution >= 0.6 is 0 Å². The van der Waals surface area contributed by atoms with Crippen molar-refractivity contribution in [2.45, 2.75) is 49.2 Å². The molecule has 0 amide bonds. The van der Waals surface area contributed by atoms with E-state index >= 15 is 0 Å². The Hall–Kier alpha value is -1.51. The number of nitrogens with zero attached hydrogens (tertiary/aromatic N) is 3. The molecule has 2 heterocycles. The summed E-state index contributed by atoms with van der Waals surface area (Å²) in [5, 5.41) is 20.6. The number of hydrogen-bond donors (Lipinski definition) is 2. The largest absolute Gasteiger partial charge is 0.388 e. The number of hydrogen-bond acceptors (Lipinski definition) is 7. The summed E-state index contributed by atoms with van der Waals surface area (Å²) in [5.41, 5.74) is -0.333. The molecule has 0 bridgehead atoms. The van der Waals surface area contributed by atoms with Gasteiger partial charge in [0.05, 0.1) is 11.6 Å². The number of aliphatic hydroxyl groups is 2. The zero-order chi connectivity index (χ0) is 16.1. The maximum atomic E-state index is 11.7. The minimum atomic E-state index is -3.55. The summed E-state index contributed by atoms with van der Waals surface area (Å²) in [6.45, 7) is 1.73. The van der Waals surface area contributed by atoms with Crippen LogP contribution in [0.5, 0.6) is 0 Å². The minimum Gasteiger partial charge on any atom is -0.388 e. The van der Waals surface area contributed by atoms with Crippen molar-refractivity contribution in [2.24, 2.45) is 0 Å². The van der Waals surface area contributed by atoms with Crippen LogP contribution in [0.1, 0.15) is 31.7 Å². The molecule has 2 N–H and O–H groups in total. The van der Waals surface area contributed by atoms with Gasteiger partial charge in [0.2, 0.25) is 15.0 Å². The van der Waals surface area contributed by atoms with Gasteiger partial charge in [-0.05, 0) is 38.3 Å². The van der Waals surface area contributed by atoms with Crippen molar-refractivity contribution in [3.8, 4) is 0 Å². The Bertz CT molecular complexity index is 730. The van der Waals surface area contributed by atoms with Gasteiger partial charge in [-0.25, -0.2) is 18.4 Å². The molecule has 120 valence electrons. The van der Waals surface area contributed by atoms with Gasteiger partial charge in [0, 0.05) is 18.0 Å². The number of aromatic nitrogens is 2. The van der Waals surface area contributed by atoms with E-state index in [4.69, 9.17) is 0 Å². The lowest BCUT2D eigenvalue weighted by atomic mass is 9.97. The Morgan fingerprint density at radius 2 is 2.18 bits per heavy atom. The molecule has 2 aliphatic rings. The normalized spacial score (nSPS) is 31.4. The van der Waals surface area contributed by atoms with Crippen LogP contribution in [0.4, 0.5) is 5.82 Å². The molecule has 0 radical (unpaired) electrons. The van der Waals surface area contributed by atoms with Gasteiger partial charge in [-0.2, -0.15) is 0 Å². The molecule has 0 spiro atoms. The second-order valence-electron chi connectivity index (χ2n) is 6.15. The van der Waals surface area contributed by atoms with Crippen molar-refractivity contribution in [2.75, 3.05) is 11.2 Å². The van der Waals surface area contributed by atoms with E-state index in [0.717, 1.165) is 12.7 Å². The second-order valence-corrected chi connectivity index (χ2v) is 8.06. The fourth-order valence-corrected chi connectivity index (χ4v) is 3.68. The zero-order valence-corrected chi connectivity index (χ0v) is 13.3. The van der Waals surface area contributed by atoms with Crippen molar-refractivity contribution < 1.29 is 18.6 Å². The topological polar surface area (TPSA) is 104 Å². The number of rotatable bonds is 2. The van der Waals surface area contributed by atoms with Crippen LogP contribution in [0.2, 0.25) is 0 Å². The highest BCUT2D eigenvalue weighted by Crippen LogP contribution is 2.39. The summed E-state index contributed by atoms with van der Waals surface area (Å²) >= 11 is 0. The summed E-state index contributed by atoms with van der Waals surface area (Å²) < 4.78 is 23.4. The number of sulfone groups is 1. The summed E-state index contributed by atoms with van der Waals surface area (Å²) in [6, 6.07) is -0.325. The highest BCUT2D eigenvalue weighted by Gasteiger charge is 2.44. The lowest BCUT2D eigenvalue weighted by molar-refractivity contribution is 0.0363. The third kappa shape index (κ3) is 2.51. The number of fused-ring (bicyclic) bond motifs is 1. The van der Waals surface area contributed by atoms with E-state index < -0.39 is 21.7 Å². The van der Waals surface area contributed by atoms with Crippen LogP contribution in [0.25, 0.3) is 6.08 Å². The average molecular weight is 325 g/mol. The molecule has 7 nitrogen and oxygen atoms in total. The van der Waals surface area contributed by atoms with Crippen LogP contribution in [0.3, 0.4) is 0 Å². The van der Waals surface area contributed by atoms with Crippen LogP contribution in [0, 0.1) is 0 Å². The molecule has 0 saturated heterocycles. The lowest BCUT2D eigenvalue weighted by Gasteiger charge is -2.41. The maximum absolute atomic E-state index is 11.7. The smallest absolute Gasteiger partial charge is 0.248 e. The third-order valence-electron chi connectivity index (χ3n) is 4.30.